The van der Waals surface area contributed by atoms with Gasteiger partial charge >= 0.3 is 5.97 Å². The summed E-state index contributed by atoms with van der Waals surface area (Å²) >= 11 is 6.22. The molecule has 0 heterocycles. The molecule has 1 saturated carbocycles. The van der Waals surface area contributed by atoms with E-state index < -0.39 is 5.97 Å². The number of carbonyl (C=O) groups excluding carboxylic acids is 2. The number of methoxy groups -OCH3 is 1. The first-order chi connectivity index (χ1) is 12.8. The largest absolute Gasteiger partial charge is 0.493 e. The summed E-state index contributed by atoms with van der Waals surface area (Å²) in [5.41, 5.74) is 0.201. The quantitative estimate of drug-likeness (QED) is 0.704. The molecule has 1 fully saturated rings. The average molecular weight is 398 g/mol. The first kappa shape index (κ1) is 21.4. The fraction of sp³-hybridized carbons (Fsp3) is 0.600. The highest BCUT2D eigenvalue weighted by atomic mass is 35.5. The summed E-state index contributed by atoms with van der Waals surface area (Å²) in [5, 5.41) is 3.20. The van der Waals surface area contributed by atoms with Crippen molar-refractivity contribution in [1.29, 1.82) is 0 Å². The molecule has 1 amide bonds. The summed E-state index contributed by atoms with van der Waals surface area (Å²) < 4.78 is 16.0. The Morgan fingerprint density at radius 1 is 1.26 bits per heavy atom. The summed E-state index contributed by atoms with van der Waals surface area (Å²) in [7, 11) is 1.47. The lowest BCUT2D eigenvalue weighted by Gasteiger charge is -2.29. The molecule has 1 aliphatic carbocycles. The average Bonchev–Trinajstić information content (AvgIpc) is 2.62. The van der Waals surface area contributed by atoms with Gasteiger partial charge in [-0.05, 0) is 44.7 Å². The molecule has 2 rings (SSSR count). The maximum atomic E-state index is 12.3. The van der Waals surface area contributed by atoms with Crippen LogP contribution in [-0.2, 0) is 9.53 Å². The van der Waals surface area contributed by atoms with Crippen LogP contribution in [0.25, 0.3) is 0 Å². The summed E-state index contributed by atoms with van der Waals surface area (Å²) in [4.78, 5) is 24.4. The first-order valence-corrected chi connectivity index (χ1v) is 9.70. The molecule has 2 atom stereocenters. The third kappa shape index (κ3) is 6.03. The number of rotatable bonds is 7. The molecule has 0 saturated heterocycles. The van der Waals surface area contributed by atoms with Crippen LogP contribution in [-0.4, -0.2) is 37.7 Å². The number of amides is 1. The predicted molar refractivity (Wildman–Crippen MR) is 104 cm³/mol. The molecule has 0 radical (unpaired) electrons. The molecule has 7 heteroatoms. The minimum Gasteiger partial charge on any atom is -0.493 e. The Morgan fingerprint density at radius 3 is 2.59 bits per heavy atom. The third-order valence-corrected chi connectivity index (χ3v) is 4.89. The van der Waals surface area contributed by atoms with Crippen molar-refractivity contribution in [3.8, 4) is 11.5 Å². The van der Waals surface area contributed by atoms with Gasteiger partial charge in [-0.2, -0.15) is 0 Å². The zero-order valence-electron chi connectivity index (χ0n) is 16.3. The van der Waals surface area contributed by atoms with Crippen LogP contribution in [0.4, 0.5) is 0 Å². The first-order valence-electron chi connectivity index (χ1n) is 9.32. The second kappa shape index (κ2) is 9.83. The lowest BCUT2D eigenvalue weighted by atomic mass is 9.86. The van der Waals surface area contributed by atoms with Crippen molar-refractivity contribution in [1.82, 2.24) is 5.32 Å². The van der Waals surface area contributed by atoms with Gasteiger partial charge in [0.2, 0.25) is 0 Å². The van der Waals surface area contributed by atoms with Gasteiger partial charge in [-0.3, -0.25) is 4.79 Å². The Morgan fingerprint density at radius 2 is 1.96 bits per heavy atom. The van der Waals surface area contributed by atoms with E-state index in [2.05, 4.69) is 12.2 Å². The monoisotopic (exact) mass is 397 g/mol. The van der Waals surface area contributed by atoms with Crippen LogP contribution < -0.4 is 14.8 Å². The molecule has 6 nitrogen and oxygen atoms in total. The molecule has 1 aromatic rings. The fourth-order valence-corrected chi connectivity index (χ4v) is 3.44. The van der Waals surface area contributed by atoms with Crippen LogP contribution in [0.5, 0.6) is 11.5 Å². The number of hydrogen-bond donors (Lipinski definition) is 1. The van der Waals surface area contributed by atoms with Crippen LogP contribution in [0.2, 0.25) is 5.02 Å². The lowest BCUT2D eigenvalue weighted by molar-refractivity contribution is -0.125. The molecule has 1 aromatic carbocycles. The van der Waals surface area contributed by atoms with Gasteiger partial charge in [0.05, 0.1) is 23.8 Å². The second-order valence-corrected chi connectivity index (χ2v) is 7.58. The van der Waals surface area contributed by atoms with Crippen LogP contribution in [0.15, 0.2) is 12.1 Å². The van der Waals surface area contributed by atoms with E-state index in [1.54, 1.807) is 0 Å². The number of nitrogens with one attached hydrogen (secondary N) is 1. The van der Waals surface area contributed by atoms with Gasteiger partial charge in [0.25, 0.3) is 5.91 Å². The third-order valence-electron chi connectivity index (χ3n) is 4.61. The molecular weight excluding hydrogens is 370 g/mol. The number of ether oxygens (including phenoxy) is 3. The number of esters is 1. The molecule has 150 valence electrons. The zero-order chi connectivity index (χ0) is 20.0. The molecule has 0 bridgehead atoms. The van der Waals surface area contributed by atoms with Crippen LogP contribution in [0.3, 0.4) is 0 Å². The molecular formula is C20H28ClNO5. The fourth-order valence-electron chi connectivity index (χ4n) is 3.18. The van der Waals surface area contributed by atoms with Gasteiger partial charge in [-0.1, -0.05) is 31.4 Å². The highest BCUT2D eigenvalue weighted by Gasteiger charge is 2.23. The van der Waals surface area contributed by atoms with Crippen molar-refractivity contribution in [2.75, 3.05) is 13.7 Å². The Hall–Kier alpha value is -1.95. The van der Waals surface area contributed by atoms with E-state index in [1.165, 1.54) is 25.7 Å². The molecule has 0 spiro atoms. The van der Waals surface area contributed by atoms with Gasteiger partial charge < -0.3 is 19.5 Å². The van der Waals surface area contributed by atoms with Crippen molar-refractivity contribution in [2.24, 2.45) is 5.92 Å². The maximum Gasteiger partial charge on any atom is 0.338 e. The van der Waals surface area contributed by atoms with Crippen molar-refractivity contribution in [3.63, 3.8) is 0 Å². The molecule has 27 heavy (non-hydrogen) atoms. The lowest BCUT2D eigenvalue weighted by Crippen LogP contribution is -2.42. The Bertz CT molecular complexity index is 677. The van der Waals surface area contributed by atoms with Crippen LogP contribution in [0.1, 0.15) is 56.8 Å². The van der Waals surface area contributed by atoms with E-state index in [-0.39, 0.29) is 35.2 Å². The molecule has 1 N–H and O–H groups in total. The van der Waals surface area contributed by atoms with Gasteiger partial charge in [-0.25, -0.2) is 4.79 Å². The van der Waals surface area contributed by atoms with E-state index in [0.717, 1.165) is 19.3 Å². The minimum absolute atomic E-state index is 0.0972. The van der Waals surface area contributed by atoms with Crippen LogP contribution >= 0.6 is 11.6 Å². The Kier molecular flexibility index (Phi) is 7.78. The number of benzene rings is 1. The van der Waals surface area contributed by atoms with Gasteiger partial charge in [0.1, 0.15) is 0 Å². The summed E-state index contributed by atoms with van der Waals surface area (Å²) in [6.45, 7) is 5.53. The zero-order valence-corrected chi connectivity index (χ0v) is 17.1. The van der Waals surface area contributed by atoms with E-state index in [9.17, 15) is 9.59 Å². The van der Waals surface area contributed by atoms with Crippen molar-refractivity contribution >= 4 is 23.5 Å². The van der Waals surface area contributed by atoms with E-state index >= 15 is 0 Å². The van der Waals surface area contributed by atoms with Gasteiger partial charge in [0, 0.05) is 6.04 Å². The number of halogens is 1. The molecule has 0 aliphatic heterocycles. The van der Waals surface area contributed by atoms with Crippen molar-refractivity contribution < 1.29 is 23.8 Å². The standard InChI is InChI=1S/C20H28ClNO5/c1-12(2)27-19-15(21)9-14(10-17(19)25-4)20(24)26-11-18(23)22-16-8-6-5-7-13(16)3/h9-10,12-13,16H,5-8,11H2,1-4H3,(H,22,23)/t13-,16-/m1/s1. The highest BCUT2D eigenvalue weighted by molar-refractivity contribution is 6.32. The SMILES string of the molecule is COc1cc(C(=O)OCC(=O)N[C@@H]2CCCC[C@H]2C)cc(Cl)c1OC(C)C. The van der Waals surface area contributed by atoms with Crippen LogP contribution in [0, 0.1) is 5.92 Å². The van der Waals surface area contributed by atoms with E-state index in [1.807, 2.05) is 13.8 Å². The maximum absolute atomic E-state index is 12.3. The predicted octanol–water partition coefficient (Wildman–Crippen LogP) is 3.99. The Labute approximate surface area is 165 Å². The summed E-state index contributed by atoms with van der Waals surface area (Å²) in [6.07, 6.45) is 4.28. The van der Waals surface area contributed by atoms with Gasteiger partial charge in [-0.15, -0.1) is 0 Å². The smallest absolute Gasteiger partial charge is 0.338 e. The molecule has 0 aromatic heterocycles. The van der Waals surface area contributed by atoms with Crippen molar-refractivity contribution in [2.45, 2.75) is 58.6 Å². The summed E-state index contributed by atoms with van der Waals surface area (Å²) in [5.74, 6) is 0.214. The number of carbonyl (C=O) groups is 2. The second-order valence-electron chi connectivity index (χ2n) is 7.17. The molecule has 1 aliphatic rings. The van der Waals surface area contributed by atoms with Gasteiger partial charge in [0.15, 0.2) is 18.1 Å². The van der Waals surface area contributed by atoms with Crippen molar-refractivity contribution in [3.05, 3.63) is 22.7 Å². The highest BCUT2D eigenvalue weighted by Crippen LogP contribution is 2.37. The minimum atomic E-state index is -0.641. The summed E-state index contributed by atoms with van der Waals surface area (Å²) in [6, 6.07) is 3.09. The van der Waals surface area contributed by atoms with E-state index in [0.29, 0.717) is 17.4 Å². The molecule has 0 unspecified atom stereocenters. The topological polar surface area (TPSA) is 73.9 Å². The Balaban J connectivity index is 1.97. The van der Waals surface area contributed by atoms with E-state index in [4.69, 9.17) is 25.8 Å². The number of hydrogen-bond acceptors (Lipinski definition) is 5. The normalized spacial score (nSPS) is 19.5.